The van der Waals surface area contributed by atoms with Gasteiger partial charge in [0.2, 0.25) is 0 Å². The van der Waals surface area contributed by atoms with Gasteiger partial charge in [-0.1, -0.05) is 17.7 Å². The molecule has 1 saturated heterocycles. The number of rotatable bonds is 3. The van der Waals surface area contributed by atoms with Gasteiger partial charge in [0, 0.05) is 11.5 Å². The first-order chi connectivity index (χ1) is 7.53. The fourth-order valence-electron chi connectivity index (χ4n) is 2.19. The zero-order valence-corrected chi connectivity index (χ0v) is 9.93. The summed E-state index contributed by atoms with van der Waals surface area (Å²) in [4.78, 5) is 0. The molecule has 0 aromatic heterocycles. The number of benzene rings is 1. The van der Waals surface area contributed by atoms with Crippen molar-refractivity contribution in [3.63, 3.8) is 0 Å². The van der Waals surface area contributed by atoms with E-state index in [1.54, 1.807) is 12.1 Å². The van der Waals surface area contributed by atoms with Crippen LogP contribution in [-0.2, 0) is 10.2 Å². The van der Waals surface area contributed by atoms with Crippen LogP contribution in [0.25, 0.3) is 0 Å². The average molecular weight is 244 g/mol. The Morgan fingerprint density at radius 3 is 2.69 bits per heavy atom. The summed E-state index contributed by atoms with van der Waals surface area (Å²) in [6.07, 6.45) is 0.828. The smallest absolute Gasteiger partial charge is 0.141 e. The molecule has 1 aromatic rings. The summed E-state index contributed by atoms with van der Waals surface area (Å²) in [7, 11) is 0. The van der Waals surface area contributed by atoms with Crippen molar-refractivity contribution in [1.82, 2.24) is 0 Å². The van der Waals surface area contributed by atoms with Crippen molar-refractivity contribution in [3.8, 4) is 0 Å². The highest BCUT2D eigenvalue weighted by atomic mass is 35.5. The van der Waals surface area contributed by atoms with E-state index in [-0.39, 0.29) is 22.3 Å². The van der Waals surface area contributed by atoms with E-state index in [1.165, 1.54) is 6.07 Å². The Bertz CT molecular complexity index is 391. The lowest BCUT2D eigenvalue weighted by Gasteiger charge is -2.43. The summed E-state index contributed by atoms with van der Waals surface area (Å²) in [5.74, 6) is -0.387. The molecule has 0 bridgehead atoms. The fourth-order valence-corrected chi connectivity index (χ4v) is 2.37. The first-order valence-corrected chi connectivity index (χ1v) is 5.70. The van der Waals surface area contributed by atoms with Crippen molar-refractivity contribution in [1.29, 1.82) is 0 Å². The SMILES string of the molecule is CC(N)CC1(c2ccc(F)c(Cl)c2)COC1. The van der Waals surface area contributed by atoms with Gasteiger partial charge in [0.15, 0.2) is 0 Å². The summed E-state index contributed by atoms with van der Waals surface area (Å²) < 4.78 is 18.4. The van der Waals surface area contributed by atoms with Crippen LogP contribution < -0.4 is 5.73 Å². The maximum absolute atomic E-state index is 13.1. The summed E-state index contributed by atoms with van der Waals surface area (Å²) >= 11 is 5.79. The van der Waals surface area contributed by atoms with Gasteiger partial charge in [-0.05, 0) is 31.0 Å². The van der Waals surface area contributed by atoms with Gasteiger partial charge in [-0.25, -0.2) is 4.39 Å². The molecule has 1 unspecified atom stereocenters. The number of ether oxygens (including phenoxy) is 1. The van der Waals surface area contributed by atoms with Gasteiger partial charge in [0.1, 0.15) is 5.82 Å². The fraction of sp³-hybridized carbons (Fsp3) is 0.500. The van der Waals surface area contributed by atoms with E-state index >= 15 is 0 Å². The molecule has 0 amide bonds. The molecule has 4 heteroatoms. The molecule has 1 fully saturated rings. The highest BCUT2D eigenvalue weighted by Crippen LogP contribution is 2.37. The van der Waals surface area contributed by atoms with Gasteiger partial charge in [-0.15, -0.1) is 0 Å². The lowest BCUT2D eigenvalue weighted by Crippen LogP contribution is -2.49. The van der Waals surface area contributed by atoms with Gasteiger partial charge >= 0.3 is 0 Å². The average Bonchev–Trinajstić information content (AvgIpc) is 2.16. The van der Waals surface area contributed by atoms with Crippen molar-refractivity contribution in [2.75, 3.05) is 13.2 Å². The molecule has 16 heavy (non-hydrogen) atoms. The lowest BCUT2D eigenvalue weighted by molar-refractivity contribution is -0.0665. The van der Waals surface area contributed by atoms with E-state index in [0.717, 1.165) is 12.0 Å². The Hall–Kier alpha value is -0.640. The second kappa shape index (κ2) is 4.32. The standard InChI is InChI=1S/C12H15ClFNO/c1-8(15)5-12(6-16-7-12)9-2-3-11(14)10(13)4-9/h2-4,8H,5-7,15H2,1H3. The van der Waals surface area contributed by atoms with Gasteiger partial charge in [-0.3, -0.25) is 0 Å². The molecule has 2 N–H and O–H groups in total. The molecule has 0 radical (unpaired) electrons. The number of halogens is 2. The number of hydrogen-bond donors (Lipinski definition) is 1. The highest BCUT2D eigenvalue weighted by molar-refractivity contribution is 6.30. The first kappa shape index (κ1) is 11.8. The van der Waals surface area contributed by atoms with Crippen LogP contribution in [0, 0.1) is 5.82 Å². The largest absolute Gasteiger partial charge is 0.379 e. The van der Waals surface area contributed by atoms with Crippen molar-refractivity contribution < 1.29 is 9.13 Å². The van der Waals surface area contributed by atoms with E-state index in [2.05, 4.69) is 0 Å². The first-order valence-electron chi connectivity index (χ1n) is 5.32. The zero-order valence-electron chi connectivity index (χ0n) is 9.17. The predicted molar refractivity (Wildman–Crippen MR) is 62.2 cm³/mol. The van der Waals surface area contributed by atoms with Crippen LogP contribution in [-0.4, -0.2) is 19.3 Å². The third-order valence-electron chi connectivity index (χ3n) is 3.00. The monoisotopic (exact) mass is 243 g/mol. The molecule has 1 aliphatic heterocycles. The Kier molecular flexibility index (Phi) is 3.19. The van der Waals surface area contributed by atoms with Crippen molar-refractivity contribution in [3.05, 3.63) is 34.6 Å². The minimum absolute atomic E-state index is 0.0779. The second-order valence-corrected chi connectivity index (χ2v) is 4.99. The van der Waals surface area contributed by atoms with E-state index in [9.17, 15) is 4.39 Å². The Morgan fingerprint density at radius 1 is 1.56 bits per heavy atom. The molecule has 1 atom stereocenters. The lowest BCUT2D eigenvalue weighted by atomic mass is 9.74. The van der Waals surface area contributed by atoms with Crippen LogP contribution in [0.5, 0.6) is 0 Å². The molecule has 1 heterocycles. The van der Waals surface area contributed by atoms with Crippen LogP contribution >= 0.6 is 11.6 Å². The third-order valence-corrected chi connectivity index (χ3v) is 3.29. The van der Waals surface area contributed by atoms with Crippen LogP contribution in [0.4, 0.5) is 4.39 Å². The summed E-state index contributed by atoms with van der Waals surface area (Å²) in [6, 6.07) is 4.94. The van der Waals surface area contributed by atoms with Crippen LogP contribution in [0.3, 0.4) is 0 Å². The van der Waals surface area contributed by atoms with E-state index < -0.39 is 0 Å². The molecule has 2 rings (SSSR count). The van der Waals surface area contributed by atoms with Crippen molar-refractivity contribution in [2.24, 2.45) is 5.73 Å². The van der Waals surface area contributed by atoms with E-state index in [0.29, 0.717) is 13.2 Å². The minimum atomic E-state index is -0.387. The minimum Gasteiger partial charge on any atom is -0.379 e. The van der Waals surface area contributed by atoms with Crippen molar-refractivity contribution in [2.45, 2.75) is 24.8 Å². The Morgan fingerprint density at radius 2 is 2.25 bits per heavy atom. The predicted octanol–water partition coefficient (Wildman–Crippen LogP) is 2.48. The highest BCUT2D eigenvalue weighted by Gasteiger charge is 2.41. The van der Waals surface area contributed by atoms with Crippen LogP contribution in [0.15, 0.2) is 18.2 Å². The maximum Gasteiger partial charge on any atom is 0.141 e. The van der Waals surface area contributed by atoms with Gasteiger partial charge in [0.05, 0.1) is 18.2 Å². The molecule has 1 aliphatic rings. The van der Waals surface area contributed by atoms with Crippen molar-refractivity contribution >= 4 is 11.6 Å². The summed E-state index contributed by atoms with van der Waals surface area (Å²) in [6.45, 7) is 3.23. The number of hydrogen-bond acceptors (Lipinski definition) is 2. The normalized spacial score (nSPS) is 20.2. The molecular weight excluding hydrogens is 229 g/mol. The quantitative estimate of drug-likeness (QED) is 0.885. The van der Waals surface area contributed by atoms with Gasteiger partial charge in [0.25, 0.3) is 0 Å². The molecule has 88 valence electrons. The molecule has 0 spiro atoms. The van der Waals surface area contributed by atoms with Crippen LogP contribution in [0.2, 0.25) is 5.02 Å². The topological polar surface area (TPSA) is 35.2 Å². The Balaban J connectivity index is 2.29. The summed E-state index contributed by atoms with van der Waals surface area (Å²) in [5.41, 5.74) is 6.77. The maximum atomic E-state index is 13.1. The molecule has 0 saturated carbocycles. The third kappa shape index (κ3) is 2.08. The molecule has 2 nitrogen and oxygen atoms in total. The van der Waals surface area contributed by atoms with E-state index in [1.807, 2.05) is 6.92 Å². The zero-order chi connectivity index (χ0) is 11.8. The molecule has 0 aliphatic carbocycles. The van der Waals surface area contributed by atoms with Gasteiger partial charge in [-0.2, -0.15) is 0 Å². The second-order valence-electron chi connectivity index (χ2n) is 4.58. The van der Waals surface area contributed by atoms with E-state index in [4.69, 9.17) is 22.1 Å². The molecule has 1 aromatic carbocycles. The van der Waals surface area contributed by atoms with Gasteiger partial charge < -0.3 is 10.5 Å². The Labute approximate surface area is 99.5 Å². The summed E-state index contributed by atoms with van der Waals surface area (Å²) in [5, 5.41) is 0.161. The van der Waals surface area contributed by atoms with Crippen LogP contribution in [0.1, 0.15) is 18.9 Å². The number of nitrogens with two attached hydrogens (primary N) is 1. The molecular formula is C12H15ClFNO.